The van der Waals surface area contributed by atoms with Crippen molar-refractivity contribution in [3.05, 3.63) is 36.0 Å². The Kier molecular flexibility index (Phi) is 3.38. The van der Waals surface area contributed by atoms with E-state index in [0.717, 1.165) is 24.0 Å². The molecule has 3 nitrogen and oxygen atoms in total. The third-order valence-corrected chi connectivity index (χ3v) is 4.10. The number of rotatable bonds is 4. The summed E-state index contributed by atoms with van der Waals surface area (Å²) in [5, 5.41) is 2.45. The number of fused-ring (bicyclic) bond motifs is 1. The second kappa shape index (κ2) is 5.17. The van der Waals surface area contributed by atoms with Crippen molar-refractivity contribution in [2.45, 2.75) is 25.8 Å². The van der Waals surface area contributed by atoms with Crippen molar-refractivity contribution in [1.29, 1.82) is 0 Å². The Morgan fingerprint density at radius 2 is 2.11 bits per heavy atom. The van der Waals surface area contributed by atoms with E-state index in [-0.39, 0.29) is 0 Å². The standard InChI is InChI=1S/C16H21N3/c1-19(11-12-5-4-6-12)16-15-8-3-2-7-13(15)9-14(10-17)18-16/h2-3,7-9,12H,4-6,10-11,17H2,1H3. The van der Waals surface area contributed by atoms with E-state index in [4.69, 9.17) is 10.7 Å². The number of hydrogen-bond donors (Lipinski definition) is 1. The predicted octanol–water partition coefficient (Wildman–Crippen LogP) is 2.93. The first-order chi connectivity index (χ1) is 9.28. The van der Waals surface area contributed by atoms with Crippen molar-refractivity contribution in [1.82, 2.24) is 4.98 Å². The smallest absolute Gasteiger partial charge is 0.136 e. The second-order valence-electron chi connectivity index (χ2n) is 5.54. The highest BCUT2D eigenvalue weighted by molar-refractivity contribution is 5.92. The van der Waals surface area contributed by atoms with E-state index in [9.17, 15) is 0 Å². The van der Waals surface area contributed by atoms with Gasteiger partial charge in [-0.2, -0.15) is 0 Å². The highest BCUT2D eigenvalue weighted by atomic mass is 15.2. The van der Waals surface area contributed by atoms with Crippen LogP contribution in [0.3, 0.4) is 0 Å². The number of aromatic nitrogens is 1. The lowest BCUT2D eigenvalue weighted by atomic mass is 9.85. The lowest BCUT2D eigenvalue weighted by Gasteiger charge is -2.31. The van der Waals surface area contributed by atoms with E-state index in [2.05, 4.69) is 42.3 Å². The second-order valence-corrected chi connectivity index (χ2v) is 5.54. The first-order valence-electron chi connectivity index (χ1n) is 7.08. The van der Waals surface area contributed by atoms with Gasteiger partial charge in [0.25, 0.3) is 0 Å². The van der Waals surface area contributed by atoms with Gasteiger partial charge in [0, 0.05) is 25.5 Å². The van der Waals surface area contributed by atoms with Gasteiger partial charge in [-0.15, -0.1) is 0 Å². The highest BCUT2D eigenvalue weighted by Crippen LogP contribution is 2.30. The van der Waals surface area contributed by atoms with E-state index in [1.165, 1.54) is 30.0 Å². The van der Waals surface area contributed by atoms with Gasteiger partial charge in [0.05, 0.1) is 5.69 Å². The van der Waals surface area contributed by atoms with Crippen LogP contribution in [0.4, 0.5) is 5.82 Å². The minimum atomic E-state index is 0.495. The normalized spacial score (nSPS) is 15.5. The molecule has 1 heterocycles. The molecule has 0 aliphatic heterocycles. The Morgan fingerprint density at radius 1 is 1.32 bits per heavy atom. The molecule has 0 spiro atoms. The first-order valence-corrected chi connectivity index (χ1v) is 7.08. The van der Waals surface area contributed by atoms with Crippen LogP contribution < -0.4 is 10.6 Å². The SMILES string of the molecule is CN(CC1CCC1)c1nc(CN)cc2ccccc12. The molecule has 0 unspecified atom stereocenters. The van der Waals surface area contributed by atoms with Crippen molar-refractivity contribution in [3.63, 3.8) is 0 Å². The van der Waals surface area contributed by atoms with Crippen LogP contribution >= 0.6 is 0 Å². The third kappa shape index (κ3) is 2.43. The van der Waals surface area contributed by atoms with E-state index in [1.807, 2.05) is 0 Å². The highest BCUT2D eigenvalue weighted by Gasteiger charge is 2.20. The van der Waals surface area contributed by atoms with E-state index in [0.29, 0.717) is 6.54 Å². The zero-order valence-electron chi connectivity index (χ0n) is 11.5. The molecule has 1 saturated carbocycles. The summed E-state index contributed by atoms with van der Waals surface area (Å²) in [6, 6.07) is 10.5. The van der Waals surface area contributed by atoms with Gasteiger partial charge in [0.1, 0.15) is 5.82 Å². The molecule has 0 amide bonds. The van der Waals surface area contributed by atoms with Crippen molar-refractivity contribution < 1.29 is 0 Å². The molecule has 0 atom stereocenters. The van der Waals surface area contributed by atoms with Crippen LogP contribution in [0, 0.1) is 5.92 Å². The van der Waals surface area contributed by atoms with Crippen molar-refractivity contribution >= 4 is 16.6 Å². The quantitative estimate of drug-likeness (QED) is 0.913. The summed E-state index contributed by atoms with van der Waals surface area (Å²) in [5.41, 5.74) is 6.73. The van der Waals surface area contributed by atoms with E-state index in [1.54, 1.807) is 0 Å². The Balaban J connectivity index is 1.99. The summed E-state index contributed by atoms with van der Waals surface area (Å²) in [7, 11) is 2.15. The fraction of sp³-hybridized carbons (Fsp3) is 0.438. The number of nitrogens with zero attached hydrogens (tertiary/aromatic N) is 2. The molecule has 1 aliphatic carbocycles. The molecule has 2 N–H and O–H groups in total. The van der Waals surface area contributed by atoms with Crippen LogP contribution in [0.5, 0.6) is 0 Å². The summed E-state index contributed by atoms with van der Waals surface area (Å²) in [6.07, 6.45) is 4.10. The molecule has 3 heteroatoms. The maximum absolute atomic E-state index is 5.77. The van der Waals surface area contributed by atoms with Crippen LogP contribution in [0.25, 0.3) is 10.8 Å². The van der Waals surface area contributed by atoms with E-state index < -0.39 is 0 Å². The summed E-state index contributed by atoms with van der Waals surface area (Å²) in [4.78, 5) is 7.03. The monoisotopic (exact) mass is 255 g/mol. The Morgan fingerprint density at radius 3 is 2.79 bits per heavy atom. The Labute approximate surface area is 114 Å². The zero-order valence-corrected chi connectivity index (χ0v) is 11.5. The van der Waals surface area contributed by atoms with Crippen molar-refractivity contribution in [2.75, 3.05) is 18.5 Å². The third-order valence-electron chi connectivity index (χ3n) is 4.10. The molecule has 0 saturated heterocycles. The average molecular weight is 255 g/mol. The summed E-state index contributed by atoms with van der Waals surface area (Å²) < 4.78 is 0. The summed E-state index contributed by atoms with van der Waals surface area (Å²) >= 11 is 0. The van der Waals surface area contributed by atoms with Crippen LogP contribution in [-0.4, -0.2) is 18.6 Å². The molecule has 1 fully saturated rings. The lowest BCUT2D eigenvalue weighted by molar-refractivity contribution is 0.321. The Bertz CT molecular complexity index is 575. The minimum absolute atomic E-state index is 0.495. The number of nitrogens with two attached hydrogens (primary N) is 1. The van der Waals surface area contributed by atoms with Crippen LogP contribution in [0.1, 0.15) is 25.0 Å². The van der Waals surface area contributed by atoms with Gasteiger partial charge in [-0.25, -0.2) is 4.98 Å². The fourth-order valence-corrected chi connectivity index (χ4v) is 2.78. The molecule has 19 heavy (non-hydrogen) atoms. The van der Waals surface area contributed by atoms with Crippen molar-refractivity contribution in [3.8, 4) is 0 Å². The zero-order chi connectivity index (χ0) is 13.2. The largest absolute Gasteiger partial charge is 0.359 e. The van der Waals surface area contributed by atoms with Gasteiger partial charge in [-0.1, -0.05) is 30.7 Å². The molecule has 100 valence electrons. The molecule has 1 aromatic heterocycles. The van der Waals surface area contributed by atoms with Crippen LogP contribution in [-0.2, 0) is 6.54 Å². The van der Waals surface area contributed by atoms with Gasteiger partial charge < -0.3 is 10.6 Å². The molecule has 2 aromatic rings. The summed E-state index contributed by atoms with van der Waals surface area (Å²) in [5.74, 6) is 1.91. The first kappa shape index (κ1) is 12.4. The van der Waals surface area contributed by atoms with E-state index >= 15 is 0 Å². The average Bonchev–Trinajstić information content (AvgIpc) is 2.41. The molecule has 0 bridgehead atoms. The fourth-order valence-electron chi connectivity index (χ4n) is 2.78. The summed E-state index contributed by atoms with van der Waals surface area (Å²) in [6.45, 7) is 1.60. The maximum atomic E-state index is 5.77. The number of anilines is 1. The topological polar surface area (TPSA) is 42.2 Å². The predicted molar refractivity (Wildman–Crippen MR) is 80.2 cm³/mol. The lowest BCUT2D eigenvalue weighted by Crippen LogP contribution is -2.30. The van der Waals surface area contributed by atoms with Gasteiger partial charge >= 0.3 is 0 Å². The molecular formula is C16H21N3. The molecule has 1 aliphatic rings. The van der Waals surface area contributed by atoms with Gasteiger partial charge in [-0.05, 0) is 30.2 Å². The van der Waals surface area contributed by atoms with Gasteiger partial charge in [-0.3, -0.25) is 0 Å². The van der Waals surface area contributed by atoms with Crippen molar-refractivity contribution in [2.24, 2.45) is 11.7 Å². The van der Waals surface area contributed by atoms with Gasteiger partial charge in [0.2, 0.25) is 0 Å². The maximum Gasteiger partial charge on any atom is 0.136 e. The minimum Gasteiger partial charge on any atom is -0.359 e. The number of pyridine rings is 1. The molecular weight excluding hydrogens is 234 g/mol. The number of hydrogen-bond acceptors (Lipinski definition) is 3. The van der Waals surface area contributed by atoms with Gasteiger partial charge in [0.15, 0.2) is 0 Å². The Hall–Kier alpha value is -1.61. The molecule has 0 radical (unpaired) electrons. The molecule has 3 rings (SSSR count). The number of benzene rings is 1. The molecule has 1 aromatic carbocycles. The van der Waals surface area contributed by atoms with Crippen LogP contribution in [0.2, 0.25) is 0 Å². The van der Waals surface area contributed by atoms with Crippen LogP contribution in [0.15, 0.2) is 30.3 Å².